The molecule has 0 aromatic heterocycles. The molecule has 1 saturated heterocycles. The average Bonchev–Trinajstić information content (AvgIpc) is 3.31. The van der Waals surface area contributed by atoms with Crippen molar-refractivity contribution < 1.29 is 22.7 Å². The number of ether oxygens (including phenoxy) is 1. The molecule has 6 heteroatoms. The lowest BCUT2D eigenvalue weighted by atomic mass is 9.91. The van der Waals surface area contributed by atoms with E-state index in [2.05, 4.69) is 12.2 Å². The number of hydrogen-bond donors (Lipinski definition) is 1. The second-order valence-electron chi connectivity index (χ2n) is 6.81. The van der Waals surface area contributed by atoms with Crippen molar-refractivity contribution in [2.24, 2.45) is 5.92 Å². The molecule has 4 atom stereocenters. The van der Waals surface area contributed by atoms with Gasteiger partial charge in [0.05, 0.1) is 6.10 Å². The molecule has 3 rings (SSSR count). The third-order valence-corrected chi connectivity index (χ3v) is 4.98. The Balaban J connectivity index is 1.50. The van der Waals surface area contributed by atoms with Crippen LogP contribution in [0.15, 0.2) is 12.1 Å². The lowest BCUT2D eigenvalue weighted by Crippen LogP contribution is -2.32. The minimum atomic E-state index is -1.45. The Labute approximate surface area is 139 Å². The van der Waals surface area contributed by atoms with E-state index in [1.54, 1.807) is 0 Å². The number of rotatable bonds is 5. The van der Waals surface area contributed by atoms with Crippen LogP contribution in [0.2, 0.25) is 0 Å². The number of hydrogen-bond acceptors (Lipinski definition) is 2. The summed E-state index contributed by atoms with van der Waals surface area (Å²) in [6, 6.07) is 1.91. The van der Waals surface area contributed by atoms with Crippen LogP contribution in [0.3, 0.4) is 0 Å². The molecule has 2 aliphatic rings. The first-order chi connectivity index (χ1) is 11.5. The molecule has 2 fully saturated rings. The maximum atomic E-state index is 13.3. The molecule has 1 saturated carbocycles. The molecular weight excluding hydrogens is 319 g/mol. The summed E-state index contributed by atoms with van der Waals surface area (Å²) in [5, 5.41) is 2.92. The van der Waals surface area contributed by atoms with Gasteiger partial charge in [-0.05, 0) is 49.3 Å². The van der Waals surface area contributed by atoms with Crippen LogP contribution in [0.1, 0.15) is 50.5 Å². The first-order valence-electron chi connectivity index (χ1n) is 8.53. The van der Waals surface area contributed by atoms with Crippen molar-refractivity contribution in [3.8, 4) is 0 Å². The summed E-state index contributed by atoms with van der Waals surface area (Å²) in [4.78, 5) is 12.2. The minimum Gasteiger partial charge on any atom is -0.378 e. The van der Waals surface area contributed by atoms with Crippen LogP contribution < -0.4 is 5.32 Å². The number of halogens is 3. The first kappa shape index (κ1) is 17.3. The number of carbonyl (C=O) groups excluding carboxylic acids is 1. The summed E-state index contributed by atoms with van der Waals surface area (Å²) < 4.78 is 45.2. The van der Waals surface area contributed by atoms with Crippen LogP contribution in [0, 0.1) is 23.4 Å². The number of carbonyl (C=O) groups is 1. The van der Waals surface area contributed by atoms with Crippen LogP contribution in [0.4, 0.5) is 13.2 Å². The summed E-state index contributed by atoms with van der Waals surface area (Å²) in [6.07, 6.45) is 4.04. The monoisotopic (exact) mass is 341 g/mol. The predicted molar refractivity (Wildman–Crippen MR) is 83.0 cm³/mol. The van der Waals surface area contributed by atoms with E-state index in [0.29, 0.717) is 30.9 Å². The fourth-order valence-electron chi connectivity index (χ4n) is 3.47. The van der Waals surface area contributed by atoms with Gasteiger partial charge in [-0.25, -0.2) is 13.2 Å². The molecule has 0 spiro atoms. The Kier molecular flexibility index (Phi) is 5.13. The quantitative estimate of drug-likeness (QED) is 0.830. The second kappa shape index (κ2) is 7.13. The van der Waals surface area contributed by atoms with Gasteiger partial charge in [0.15, 0.2) is 17.5 Å². The van der Waals surface area contributed by atoms with Crippen LogP contribution >= 0.6 is 0 Å². The van der Waals surface area contributed by atoms with Crippen LogP contribution in [0.25, 0.3) is 0 Å². The van der Waals surface area contributed by atoms with Gasteiger partial charge in [0, 0.05) is 25.0 Å². The molecule has 1 aromatic carbocycles. The van der Waals surface area contributed by atoms with Gasteiger partial charge in [0.1, 0.15) is 0 Å². The van der Waals surface area contributed by atoms with Gasteiger partial charge in [-0.15, -0.1) is 0 Å². The van der Waals surface area contributed by atoms with E-state index in [4.69, 9.17) is 4.74 Å². The standard InChI is InChI=1S/C18H22F3NO2/c1-2-12-5-10(3-4-24-12)6-17(23)22-16-9-13(16)11-7-14(19)18(21)15(20)8-11/h7-8,10,12-13,16H,2-6,9H2,1H3,(H,22,23)/t10?,12?,13-,16+/m0/s1. The van der Waals surface area contributed by atoms with Crippen molar-refractivity contribution in [2.75, 3.05) is 6.61 Å². The van der Waals surface area contributed by atoms with Crippen molar-refractivity contribution in [3.63, 3.8) is 0 Å². The van der Waals surface area contributed by atoms with Crippen molar-refractivity contribution in [2.45, 2.75) is 57.1 Å². The average molecular weight is 341 g/mol. The molecule has 1 aliphatic heterocycles. The zero-order valence-electron chi connectivity index (χ0n) is 13.7. The maximum absolute atomic E-state index is 13.3. The van der Waals surface area contributed by atoms with Crippen molar-refractivity contribution >= 4 is 5.91 Å². The molecule has 0 bridgehead atoms. The molecule has 0 radical (unpaired) electrons. The fourth-order valence-corrected chi connectivity index (χ4v) is 3.47. The Bertz CT molecular complexity index is 599. The van der Waals surface area contributed by atoms with E-state index in [0.717, 1.165) is 31.4 Å². The SMILES string of the molecule is CCC1CC(CC(=O)N[C@@H]2C[C@H]2c2cc(F)c(F)c(F)c2)CCO1. The third kappa shape index (κ3) is 3.91. The highest BCUT2D eigenvalue weighted by molar-refractivity contribution is 5.77. The maximum Gasteiger partial charge on any atom is 0.220 e. The summed E-state index contributed by atoms with van der Waals surface area (Å²) in [5.41, 5.74) is 0.397. The summed E-state index contributed by atoms with van der Waals surface area (Å²) in [7, 11) is 0. The zero-order valence-corrected chi connectivity index (χ0v) is 13.7. The highest BCUT2D eigenvalue weighted by Crippen LogP contribution is 2.41. The molecule has 3 nitrogen and oxygen atoms in total. The van der Waals surface area contributed by atoms with E-state index in [9.17, 15) is 18.0 Å². The van der Waals surface area contributed by atoms with Crippen LogP contribution in [-0.4, -0.2) is 24.7 Å². The largest absolute Gasteiger partial charge is 0.378 e. The van der Waals surface area contributed by atoms with Gasteiger partial charge in [0.2, 0.25) is 5.91 Å². The summed E-state index contributed by atoms with van der Waals surface area (Å²) in [5.74, 6) is -3.68. The molecular formula is C18H22F3NO2. The van der Waals surface area contributed by atoms with Gasteiger partial charge in [-0.1, -0.05) is 6.92 Å². The molecule has 1 N–H and O–H groups in total. The summed E-state index contributed by atoms with van der Waals surface area (Å²) in [6.45, 7) is 2.76. The van der Waals surface area contributed by atoms with Crippen molar-refractivity contribution in [1.29, 1.82) is 0 Å². The van der Waals surface area contributed by atoms with Gasteiger partial charge in [-0.2, -0.15) is 0 Å². The highest BCUT2D eigenvalue weighted by Gasteiger charge is 2.40. The topological polar surface area (TPSA) is 38.3 Å². The van der Waals surface area contributed by atoms with E-state index >= 15 is 0 Å². The summed E-state index contributed by atoms with van der Waals surface area (Å²) >= 11 is 0. The molecule has 132 valence electrons. The fraction of sp³-hybridized carbons (Fsp3) is 0.611. The molecule has 1 aromatic rings. The molecule has 1 heterocycles. The molecule has 1 aliphatic carbocycles. The van der Waals surface area contributed by atoms with Crippen molar-refractivity contribution in [3.05, 3.63) is 35.1 Å². The minimum absolute atomic E-state index is 0.0349. The van der Waals surface area contributed by atoms with Gasteiger partial charge >= 0.3 is 0 Å². The molecule has 1 amide bonds. The van der Waals surface area contributed by atoms with Gasteiger partial charge in [-0.3, -0.25) is 4.79 Å². The van der Waals surface area contributed by atoms with E-state index in [-0.39, 0.29) is 24.0 Å². The van der Waals surface area contributed by atoms with Crippen molar-refractivity contribution in [1.82, 2.24) is 5.32 Å². The Morgan fingerprint density at radius 1 is 1.25 bits per heavy atom. The van der Waals surface area contributed by atoms with Crippen LogP contribution in [0.5, 0.6) is 0 Å². The smallest absolute Gasteiger partial charge is 0.220 e. The zero-order chi connectivity index (χ0) is 17.3. The Morgan fingerprint density at radius 3 is 2.62 bits per heavy atom. The van der Waals surface area contributed by atoms with Gasteiger partial charge in [0.25, 0.3) is 0 Å². The highest BCUT2D eigenvalue weighted by atomic mass is 19.2. The van der Waals surface area contributed by atoms with E-state index < -0.39 is 17.5 Å². The number of nitrogens with one attached hydrogen (secondary N) is 1. The van der Waals surface area contributed by atoms with Crippen LogP contribution in [-0.2, 0) is 9.53 Å². The van der Waals surface area contributed by atoms with Gasteiger partial charge < -0.3 is 10.1 Å². The van der Waals surface area contributed by atoms with E-state index in [1.165, 1.54) is 0 Å². The Hall–Kier alpha value is -1.56. The Morgan fingerprint density at radius 2 is 1.96 bits per heavy atom. The number of amides is 1. The lowest BCUT2D eigenvalue weighted by Gasteiger charge is -2.28. The first-order valence-corrected chi connectivity index (χ1v) is 8.53. The lowest BCUT2D eigenvalue weighted by molar-refractivity contribution is -0.123. The predicted octanol–water partition coefficient (Wildman–Crippen LogP) is 3.67. The van der Waals surface area contributed by atoms with E-state index in [1.807, 2.05) is 0 Å². The normalized spacial score (nSPS) is 29.3. The second-order valence-corrected chi connectivity index (χ2v) is 6.81. The number of benzene rings is 1. The molecule has 2 unspecified atom stereocenters. The molecule has 24 heavy (non-hydrogen) atoms. The third-order valence-electron chi connectivity index (χ3n) is 4.98.